The van der Waals surface area contributed by atoms with Gasteiger partial charge in [0.25, 0.3) is 5.91 Å². The summed E-state index contributed by atoms with van der Waals surface area (Å²) in [6.45, 7) is 2.28. The Kier molecular flexibility index (Phi) is 11.9. The molecule has 3 fully saturated rings. The number of methoxy groups -OCH3 is 1. The first-order valence-corrected chi connectivity index (χ1v) is 17.0. The lowest BCUT2D eigenvalue weighted by atomic mass is 9.77. The summed E-state index contributed by atoms with van der Waals surface area (Å²) in [5, 5.41) is 17.0. The van der Waals surface area contributed by atoms with Crippen molar-refractivity contribution >= 4 is 30.1 Å². The van der Waals surface area contributed by atoms with E-state index in [9.17, 15) is 19.5 Å². The lowest BCUT2D eigenvalue weighted by molar-refractivity contribution is -0.167. The number of aliphatic hydroxyl groups excluding tert-OH is 1. The van der Waals surface area contributed by atoms with Gasteiger partial charge in [-0.05, 0) is 91.3 Å². The topological polar surface area (TPSA) is 120 Å². The highest BCUT2D eigenvalue weighted by Gasteiger charge is 2.55. The van der Waals surface area contributed by atoms with Gasteiger partial charge in [-0.25, -0.2) is 0 Å². The van der Waals surface area contributed by atoms with Crippen LogP contribution in [-0.2, 0) is 22.7 Å². The van der Waals surface area contributed by atoms with Gasteiger partial charge in [0, 0.05) is 38.8 Å². The summed E-state index contributed by atoms with van der Waals surface area (Å²) in [5.74, 6) is 1.57. The number of ether oxygens (including phenoxy) is 2. The van der Waals surface area contributed by atoms with Crippen LogP contribution in [0.2, 0.25) is 0 Å². The van der Waals surface area contributed by atoms with Crippen molar-refractivity contribution in [2.45, 2.75) is 75.7 Å². The molecule has 2 saturated heterocycles. The number of hydrogen-bond acceptors (Lipinski definition) is 7. The molecule has 49 heavy (non-hydrogen) atoms. The predicted octanol–water partition coefficient (Wildman–Crippen LogP) is 5.07. The minimum Gasteiger partial charge on any atom is -0.497 e. The molecule has 0 radical (unpaired) electrons. The van der Waals surface area contributed by atoms with E-state index in [1.165, 1.54) is 0 Å². The number of rotatable bonds is 10. The molecule has 2 atom stereocenters. The first-order valence-electron chi connectivity index (χ1n) is 17.0. The van der Waals surface area contributed by atoms with E-state index >= 15 is 0 Å². The zero-order valence-electron chi connectivity index (χ0n) is 28.2. The number of likely N-dealkylation sites (tertiary alicyclic amines) is 1. The summed E-state index contributed by atoms with van der Waals surface area (Å²) in [6.07, 6.45) is 5.07. The Morgan fingerprint density at radius 2 is 1.43 bits per heavy atom. The van der Waals surface area contributed by atoms with Gasteiger partial charge in [0.2, 0.25) is 11.8 Å². The molecule has 3 aliphatic rings. The molecule has 2 heterocycles. The van der Waals surface area contributed by atoms with E-state index < -0.39 is 17.7 Å². The molecule has 3 aromatic carbocycles. The van der Waals surface area contributed by atoms with Crippen molar-refractivity contribution in [1.82, 2.24) is 20.4 Å². The summed E-state index contributed by atoms with van der Waals surface area (Å²) >= 11 is 0. The quantitative estimate of drug-likeness (QED) is 0.272. The second-order valence-corrected chi connectivity index (χ2v) is 13.3. The number of nitrogens with one attached hydrogen (secondary N) is 2. The van der Waals surface area contributed by atoms with Gasteiger partial charge in [-0.2, -0.15) is 0 Å². The van der Waals surface area contributed by atoms with Crippen LogP contribution in [0.5, 0.6) is 17.2 Å². The zero-order valence-corrected chi connectivity index (χ0v) is 29.0. The monoisotopic (exact) mass is 690 g/mol. The highest BCUT2D eigenvalue weighted by molar-refractivity contribution is 6.00. The average Bonchev–Trinajstić information content (AvgIpc) is 3.13. The minimum absolute atomic E-state index is 0. The summed E-state index contributed by atoms with van der Waals surface area (Å²) < 4.78 is 11.3. The average molecular weight is 691 g/mol. The van der Waals surface area contributed by atoms with E-state index in [4.69, 9.17) is 9.47 Å². The van der Waals surface area contributed by atoms with E-state index in [1.807, 2.05) is 48.5 Å². The predicted molar refractivity (Wildman–Crippen MR) is 189 cm³/mol. The van der Waals surface area contributed by atoms with Crippen molar-refractivity contribution in [3.05, 3.63) is 89.5 Å². The molecule has 10 nitrogen and oxygen atoms in total. The maximum atomic E-state index is 14.2. The van der Waals surface area contributed by atoms with E-state index in [2.05, 4.69) is 15.5 Å². The minimum atomic E-state index is -0.985. The van der Waals surface area contributed by atoms with Gasteiger partial charge in [-0.1, -0.05) is 43.5 Å². The SMILES string of the molecule is CNC(=O)c1ccc(Oc2ccc(CN3CCC4(CC3)C(=O)N[C@H]([C@H](O)C3CCCCC3)C(=O)N4Cc3ccc(OC)cc3)cc2)cc1.Cl. The number of hydrogen-bond donors (Lipinski definition) is 3. The van der Waals surface area contributed by atoms with E-state index in [0.717, 1.165) is 49.0 Å². The summed E-state index contributed by atoms with van der Waals surface area (Å²) in [4.78, 5) is 44.2. The van der Waals surface area contributed by atoms with Gasteiger partial charge in [0.1, 0.15) is 28.8 Å². The summed E-state index contributed by atoms with van der Waals surface area (Å²) in [6, 6.07) is 21.6. The van der Waals surface area contributed by atoms with Gasteiger partial charge in [0.05, 0.1) is 13.2 Å². The fourth-order valence-electron chi connectivity index (χ4n) is 7.41. The van der Waals surface area contributed by atoms with Crippen LogP contribution in [0.1, 0.15) is 66.4 Å². The largest absolute Gasteiger partial charge is 0.497 e. The number of carbonyl (C=O) groups excluding carboxylic acids is 3. The van der Waals surface area contributed by atoms with Crippen molar-refractivity contribution in [2.75, 3.05) is 27.2 Å². The van der Waals surface area contributed by atoms with Crippen LogP contribution < -0.4 is 20.1 Å². The number of halogens is 1. The van der Waals surface area contributed by atoms with Crippen LogP contribution in [0.4, 0.5) is 0 Å². The molecule has 0 unspecified atom stereocenters. The number of piperazine rings is 1. The molecule has 2 aliphatic heterocycles. The smallest absolute Gasteiger partial charge is 0.251 e. The molecule has 11 heteroatoms. The van der Waals surface area contributed by atoms with Gasteiger partial charge in [-0.15, -0.1) is 12.4 Å². The Hall–Kier alpha value is -4.12. The van der Waals surface area contributed by atoms with Gasteiger partial charge in [-0.3, -0.25) is 19.3 Å². The van der Waals surface area contributed by atoms with Crippen LogP contribution in [0, 0.1) is 5.92 Å². The van der Waals surface area contributed by atoms with Crippen molar-refractivity contribution in [3.63, 3.8) is 0 Å². The lowest BCUT2D eigenvalue weighted by Gasteiger charge is -2.52. The Balaban J connectivity index is 0.00000468. The Morgan fingerprint density at radius 3 is 2.00 bits per heavy atom. The molecule has 1 spiro atoms. The number of amides is 3. The molecule has 3 aromatic rings. The highest BCUT2D eigenvalue weighted by Crippen LogP contribution is 2.37. The molecular weight excluding hydrogens is 644 g/mol. The molecule has 6 rings (SSSR count). The van der Waals surface area contributed by atoms with Crippen LogP contribution in [0.3, 0.4) is 0 Å². The van der Waals surface area contributed by atoms with Crippen LogP contribution in [0.25, 0.3) is 0 Å². The third-order valence-electron chi connectivity index (χ3n) is 10.3. The molecule has 0 aromatic heterocycles. The van der Waals surface area contributed by atoms with Crippen LogP contribution in [-0.4, -0.2) is 77.6 Å². The number of aliphatic hydroxyl groups is 1. The number of carbonyl (C=O) groups is 3. The fourth-order valence-corrected chi connectivity index (χ4v) is 7.41. The van der Waals surface area contributed by atoms with Crippen molar-refractivity contribution < 1.29 is 29.0 Å². The lowest BCUT2D eigenvalue weighted by Crippen LogP contribution is -2.74. The van der Waals surface area contributed by atoms with Crippen molar-refractivity contribution in [1.29, 1.82) is 0 Å². The van der Waals surface area contributed by atoms with Crippen molar-refractivity contribution in [3.8, 4) is 17.2 Å². The fraction of sp³-hybridized carbons (Fsp3) is 0.447. The number of piperidine rings is 1. The maximum Gasteiger partial charge on any atom is 0.251 e. The number of nitrogens with zero attached hydrogens (tertiary/aromatic N) is 2. The third kappa shape index (κ3) is 8.03. The normalized spacial score (nSPS) is 20.2. The second-order valence-electron chi connectivity index (χ2n) is 13.3. The Morgan fingerprint density at radius 1 is 0.878 bits per heavy atom. The first-order chi connectivity index (χ1) is 23.3. The molecule has 1 aliphatic carbocycles. The third-order valence-corrected chi connectivity index (χ3v) is 10.3. The maximum absolute atomic E-state index is 14.2. The van der Waals surface area contributed by atoms with Crippen LogP contribution in [0.15, 0.2) is 72.8 Å². The van der Waals surface area contributed by atoms with E-state index in [1.54, 1.807) is 43.3 Å². The van der Waals surface area contributed by atoms with Gasteiger partial charge < -0.3 is 30.1 Å². The molecule has 3 amide bonds. The van der Waals surface area contributed by atoms with Gasteiger partial charge in [0.15, 0.2) is 0 Å². The van der Waals surface area contributed by atoms with E-state index in [0.29, 0.717) is 56.1 Å². The molecule has 1 saturated carbocycles. The Labute approximate surface area is 294 Å². The molecular formula is C38H47ClN4O6. The highest BCUT2D eigenvalue weighted by atomic mass is 35.5. The molecule has 0 bridgehead atoms. The summed E-state index contributed by atoms with van der Waals surface area (Å²) in [5.41, 5.74) is 1.61. The molecule has 3 N–H and O–H groups in total. The van der Waals surface area contributed by atoms with E-state index in [-0.39, 0.29) is 36.0 Å². The first kappa shape index (κ1) is 36.2. The summed E-state index contributed by atoms with van der Waals surface area (Å²) in [7, 11) is 3.22. The Bertz CT molecular complexity index is 1570. The zero-order chi connectivity index (χ0) is 33.7. The molecule has 262 valence electrons. The number of benzene rings is 3. The van der Waals surface area contributed by atoms with Gasteiger partial charge >= 0.3 is 0 Å². The standard InChI is InChI=1S/C38H46N4O6.ClH/c1-39-35(44)29-12-18-32(19-13-29)48-31-16-10-26(11-17-31)24-41-22-20-38(21-23-41)37(46)40-33(34(43)28-6-4-3-5-7-28)36(45)42(38)25-27-8-14-30(47-2)15-9-27;/h8-19,28,33-34,43H,3-7,20-25H2,1-2H3,(H,39,44)(H,40,46);1H/t33-,34-;/m1./s1. The second kappa shape index (κ2) is 16.1. The van der Waals surface area contributed by atoms with Crippen molar-refractivity contribution in [2.24, 2.45) is 5.92 Å². The van der Waals surface area contributed by atoms with Crippen LogP contribution >= 0.6 is 12.4 Å².